The zero-order valence-corrected chi connectivity index (χ0v) is 15.1. The van der Waals surface area contributed by atoms with Gasteiger partial charge in [-0.25, -0.2) is 0 Å². The molecule has 1 aliphatic heterocycles. The maximum atomic E-state index is 12.3. The first-order valence-electron chi connectivity index (χ1n) is 9.64. The van der Waals surface area contributed by atoms with E-state index in [2.05, 4.69) is 10.6 Å². The second kappa shape index (κ2) is 7.42. The van der Waals surface area contributed by atoms with Gasteiger partial charge in [-0.15, -0.1) is 0 Å². The van der Waals surface area contributed by atoms with Gasteiger partial charge in [0.15, 0.2) is 0 Å². The molecule has 24 heavy (non-hydrogen) atoms. The fourth-order valence-corrected chi connectivity index (χ4v) is 3.71. The minimum atomic E-state index is -0.0594. The van der Waals surface area contributed by atoms with Crippen molar-refractivity contribution in [2.24, 2.45) is 29.1 Å². The van der Waals surface area contributed by atoms with Crippen LogP contribution in [0.25, 0.3) is 0 Å². The van der Waals surface area contributed by atoms with Gasteiger partial charge in [0, 0.05) is 43.6 Å². The molecule has 3 aliphatic rings. The van der Waals surface area contributed by atoms with E-state index in [-0.39, 0.29) is 29.1 Å². The predicted octanol–water partition coefficient (Wildman–Crippen LogP) is 2.11. The summed E-state index contributed by atoms with van der Waals surface area (Å²) < 4.78 is 5.50. The van der Waals surface area contributed by atoms with Gasteiger partial charge in [0.2, 0.25) is 11.8 Å². The quantitative estimate of drug-likeness (QED) is 0.713. The Balaban J connectivity index is 1.51. The summed E-state index contributed by atoms with van der Waals surface area (Å²) in [6.45, 7) is 6.77. The Labute approximate surface area is 145 Å². The molecule has 2 saturated carbocycles. The summed E-state index contributed by atoms with van der Waals surface area (Å²) in [5.41, 5.74) is -0.0594. The molecule has 2 N–H and O–H groups in total. The van der Waals surface area contributed by atoms with Gasteiger partial charge in [-0.3, -0.25) is 9.59 Å². The number of nitrogens with one attached hydrogen (secondary N) is 2. The van der Waals surface area contributed by atoms with Gasteiger partial charge in [0.05, 0.1) is 0 Å². The fourth-order valence-electron chi connectivity index (χ4n) is 3.71. The highest BCUT2D eigenvalue weighted by atomic mass is 16.5. The third kappa shape index (κ3) is 4.50. The molecule has 136 valence electrons. The third-order valence-corrected chi connectivity index (χ3v) is 6.31. The first kappa shape index (κ1) is 17.7. The van der Waals surface area contributed by atoms with E-state index in [1.807, 2.05) is 13.8 Å². The second-order valence-electron chi connectivity index (χ2n) is 8.30. The molecule has 1 saturated heterocycles. The van der Waals surface area contributed by atoms with Gasteiger partial charge in [0.25, 0.3) is 0 Å². The van der Waals surface area contributed by atoms with Crippen LogP contribution >= 0.6 is 0 Å². The molecular formula is C19H32N2O3. The summed E-state index contributed by atoms with van der Waals surface area (Å²) in [5, 5.41) is 6.31. The molecule has 0 bridgehead atoms. The van der Waals surface area contributed by atoms with Crippen molar-refractivity contribution in [2.45, 2.75) is 52.4 Å². The summed E-state index contributed by atoms with van der Waals surface area (Å²) >= 11 is 0. The Kier molecular flexibility index (Phi) is 5.48. The van der Waals surface area contributed by atoms with Gasteiger partial charge < -0.3 is 15.4 Å². The normalized spacial score (nSPS) is 25.6. The van der Waals surface area contributed by atoms with E-state index in [4.69, 9.17) is 4.74 Å². The van der Waals surface area contributed by atoms with Crippen molar-refractivity contribution in [3.63, 3.8) is 0 Å². The Bertz CT molecular complexity index is 429. The standard InChI is InChI=1S/C19H32N2O3/c1-13(15-3-4-15)17(22)20-11-19(7-9-24-10-8-19)12-21-18(23)14(2)16-5-6-16/h13-16H,3-12H2,1-2H3,(H,20,22)(H,21,23)/t13-,14-/m0/s1. The zero-order chi connectivity index (χ0) is 17.2. The van der Waals surface area contributed by atoms with E-state index in [9.17, 15) is 9.59 Å². The molecular weight excluding hydrogens is 304 g/mol. The SMILES string of the molecule is C[C@H](C(=O)NCC1(CNC(=O)[C@@H](C)C2CC2)CCOCC1)C1CC1. The average molecular weight is 336 g/mol. The lowest BCUT2D eigenvalue weighted by Gasteiger charge is -2.38. The van der Waals surface area contributed by atoms with Crippen LogP contribution in [0, 0.1) is 29.1 Å². The van der Waals surface area contributed by atoms with Crippen LogP contribution < -0.4 is 10.6 Å². The number of carbonyl (C=O) groups excluding carboxylic acids is 2. The van der Waals surface area contributed by atoms with Crippen molar-refractivity contribution in [1.29, 1.82) is 0 Å². The summed E-state index contributed by atoms with van der Waals surface area (Å²) in [7, 11) is 0. The first-order valence-corrected chi connectivity index (χ1v) is 9.64. The topological polar surface area (TPSA) is 67.4 Å². The highest BCUT2D eigenvalue weighted by molar-refractivity contribution is 5.79. The smallest absolute Gasteiger partial charge is 0.223 e. The molecule has 0 radical (unpaired) electrons. The van der Waals surface area contributed by atoms with Crippen molar-refractivity contribution in [3.05, 3.63) is 0 Å². The number of amides is 2. The van der Waals surface area contributed by atoms with Crippen molar-refractivity contribution in [3.8, 4) is 0 Å². The van der Waals surface area contributed by atoms with E-state index >= 15 is 0 Å². The van der Waals surface area contributed by atoms with Gasteiger partial charge in [-0.1, -0.05) is 13.8 Å². The van der Waals surface area contributed by atoms with E-state index in [1.54, 1.807) is 0 Å². The molecule has 2 amide bonds. The predicted molar refractivity (Wildman–Crippen MR) is 92.3 cm³/mol. The maximum Gasteiger partial charge on any atom is 0.223 e. The molecule has 5 heteroatoms. The molecule has 2 aliphatic carbocycles. The number of hydrogen-bond acceptors (Lipinski definition) is 3. The van der Waals surface area contributed by atoms with Crippen molar-refractivity contribution < 1.29 is 14.3 Å². The first-order chi connectivity index (χ1) is 11.5. The average Bonchev–Trinajstić information content (AvgIpc) is 3.49. The molecule has 0 aromatic rings. The second-order valence-corrected chi connectivity index (χ2v) is 8.30. The van der Waals surface area contributed by atoms with Crippen molar-refractivity contribution in [2.75, 3.05) is 26.3 Å². The molecule has 3 rings (SSSR count). The van der Waals surface area contributed by atoms with Crippen LogP contribution in [0.1, 0.15) is 52.4 Å². The van der Waals surface area contributed by atoms with Crippen LogP contribution in [0.3, 0.4) is 0 Å². The Morgan fingerprint density at radius 2 is 1.33 bits per heavy atom. The van der Waals surface area contributed by atoms with Crippen molar-refractivity contribution >= 4 is 11.8 Å². The van der Waals surface area contributed by atoms with Crippen molar-refractivity contribution in [1.82, 2.24) is 10.6 Å². The minimum Gasteiger partial charge on any atom is -0.381 e. The molecule has 5 nitrogen and oxygen atoms in total. The van der Waals surface area contributed by atoms with Crippen LogP contribution in [-0.4, -0.2) is 38.1 Å². The Morgan fingerprint density at radius 3 is 1.71 bits per heavy atom. The van der Waals surface area contributed by atoms with E-state index in [0.29, 0.717) is 38.1 Å². The van der Waals surface area contributed by atoms with Crippen LogP contribution in [-0.2, 0) is 14.3 Å². The largest absolute Gasteiger partial charge is 0.381 e. The highest BCUT2D eigenvalue weighted by Crippen LogP contribution is 2.38. The lowest BCUT2D eigenvalue weighted by Crippen LogP contribution is -2.50. The number of rotatable bonds is 8. The van der Waals surface area contributed by atoms with E-state index < -0.39 is 0 Å². The molecule has 0 spiro atoms. The summed E-state index contributed by atoms with van der Waals surface area (Å²) in [4.78, 5) is 24.6. The maximum absolute atomic E-state index is 12.3. The Hall–Kier alpha value is -1.10. The van der Waals surface area contributed by atoms with Crippen LogP contribution in [0.15, 0.2) is 0 Å². The van der Waals surface area contributed by atoms with E-state index in [0.717, 1.165) is 12.8 Å². The zero-order valence-electron chi connectivity index (χ0n) is 15.1. The summed E-state index contributed by atoms with van der Waals surface area (Å²) in [6, 6.07) is 0. The van der Waals surface area contributed by atoms with E-state index in [1.165, 1.54) is 25.7 Å². The van der Waals surface area contributed by atoms with Gasteiger partial charge in [-0.05, 0) is 50.4 Å². The third-order valence-electron chi connectivity index (χ3n) is 6.31. The van der Waals surface area contributed by atoms with Crippen LogP contribution in [0.4, 0.5) is 0 Å². The molecule has 2 atom stereocenters. The molecule has 1 heterocycles. The van der Waals surface area contributed by atoms with Crippen LogP contribution in [0.2, 0.25) is 0 Å². The molecule has 0 aromatic carbocycles. The molecule has 0 unspecified atom stereocenters. The van der Waals surface area contributed by atoms with Gasteiger partial charge in [-0.2, -0.15) is 0 Å². The van der Waals surface area contributed by atoms with Gasteiger partial charge >= 0.3 is 0 Å². The lowest BCUT2D eigenvalue weighted by molar-refractivity contribution is -0.126. The minimum absolute atomic E-state index is 0.0594. The molecule has 0 aromatic heterocycles. The lowest BCUT2D eigenvalue weighted by atomic mass is 9.79. The highest BCUT2D eigenvalue weighted by Gasteiger charge is 2.38. The number of carbonyl (C=O) groups is 2. The monoisotopic (exact) mass is 336 g/mol. The van der Waals surface area contributed by atoms with Gasteiger partial charge in [0.1, 0.15) is 0 Å². The number of hydrogen-bond donors (Lipinski definition) is 2. The molecule has 3 fully saturated rings. The van der Waals surface area contributed by atoms with Crippen LogP contribution in [0.5, 0.6) is 0 Å². The summed E-state index contributed by atoms with van der Waals surface area (Å²) in [5.74, 6) is 1.73. The number of ether oxygens (including phenoxy) is 1. The fraction of sp³-hybridized carbons (Fsp3) is 0.895. The Morgan fingerprint density at radius 1 is 0.917 bits per heavy atom. The summed E-state index contributed by atoms with van der Waals surface area (Å²) in [6.07, 6.45) is 6.52.